The van der Waals surface area contributed by atoms with Gasteiger partial charge in [0.25, 0.3) is 0 Å². The number of carbonyl (C=O) groups excluding carboxylic acids is 1. The van der Waals surface area contributed by atoms with E-state index in [9.17, 15) is 9.90 Å². The van der Waals surface area contributed by atoms with E-state index in [-0.39, 0.29) is 18.2 Å². The highest BCUT2D eigenvalue weighted by Gasteiger charge is 2.05. The van der Waals surface area contributed by atoms with Crippen LogP contribution < -0.4 is 10.1 Å². The largest absolute Gasteiger partial charge is 0.504 e. The molecule has 3 rings (SSSR count). The molecule has 0 spiro atoms. The van der Waals surface area contributed by atoms with Crippen molar-refractivity contribution in [1.82, 2.24) is 14.7 Å². The van der Waals surface area contributed by atoms with Gasteiger partial charge in [-0.3, -0.25) is 4.79 Å². The number of amides is 1. The number of hydrogen-bond acceptors (Lipinski definition) is 4. The Morgan fingerprint density at radius 2 is 2.12 bits per heavy atom. The van der Waals surface area contributed by atoms with E-state index in [4.69, 9.17) is 4.74 Å². The van der Waals surface area contributed by atoms with Crippen molar-refractivity contribution < 1.29 is 14.6 Å². The van der Waals surface area contributed by atoms with Gasteiger partial charge >= 0.3 is 0 Å². The van der Waals surface area contributed by atoms with Gasteiger partial charge in [-0.2, -0.15) is 0 Å². The quantitative estimate of drug-likeness (QED) is 0.641. The lowest BCUT2D eigenvalue weighted by molar-refractivity contribution is -0.116. The third-order valence-electron chi connectivity index (χ3n) is 3.74. The summed E-state index contributed by atoms with van der Waals surface area (Å²) in [7, 11) is 0. The molecule has 0 unspecified atom stereocenters. The maximum absolute atomic E-state index is 12.0. The predicted molar refractivity (Wildman–Crippen MR) is 100.0 cm³/mol. The molecule has 0 aliphatic rings. The number of pyridine rings is 1. The number of nitrogens with one attached hydrogen (secondary N) is 1. The third kappa shape index (κ3) is 4.42. The summed E-state index contributed by atoms with van der Waals surface area (Å²) in [4.78, 5) is 16.3. The Bertz CT molecular complexity index is 914. The second-order valence-corrected chi connectivity index (χ2v) is 5.83. The van der Waals surface area contributed by atoms with Gasteiger partial charge in [0, 0.05) is 18.5 Å². The number of nitrogens with zero attached hydrogens (tertiary/aromatic N) is 2. The molecule has 0 saturated heterocycles. The van der Waals surface area contributed by atoms with E-state index >= 15 is 0 Å². The maximum atomic E-state index is 12.0. The Balaban J connectivity index is 1.54. The van der Waals surface area contributed by atoms with Crippen LogP contribution in [0.5, 0.6) is 11.5 Å². The topological polar surface area (TPSA) is 75.9 Å². The predicted octanol–water partition coefficient (Wildman–Crippen LogP) is 3.16. The van der Waals surface area contributed by atoms with Crippen LogP contribution in [0.4, 0.5) is 0 Å². The molecular formula is C20H21N3O3. The molecule has 26 heavy (non-hydrogen) atoms. The van der Waals surface area contributed by atoms with Gasteiger partial charge in [-0.05, 0) is 42.3 Å². The van der Waals surface area contributed by atoms with Crippen LogP contribution >= 0.6 is 0 Å². The van der Waals surface area contributed by atoms with Gasteiger partial charge in [0.1, 0.15) is 5.75 Å². The summed E-state index contributed by atoms with van der Waals surface area (Å²) in [5.41, 5.74) is 2.06. The molecule has 2 aromatic heterocycles. The molecule has 2 heterocycles. The second kappa shape index (κ2) is 8.20. The minimum Gasteiger partial charge on any atom is -0.504 e. The van der Waals surface area contributed by atoms with E-state index < -0.39 is 0 Å². The first-order chi connectivity index (χ1) is 12.7. The Morgan fingerprint density at radius 3 is 2.85 bits per heavy atom. The highest BCUT2D eigenvalue weighted by molar-refractivity contribution is 5.91. The molecule has 0 aliphatic heterocycles. The van der Waals surface area contributed by atoms with Gasteiger partial charge in [0.15, 0.2) is 11.4 Å². The van der Waals surface area contributed by atoms with Crippen LogP contribution in [0.1, 0.15) is 24.6 Å². The summed E-state index contributed by atoms with van der Waals surface area (Å²) >= 11 is 0. The van der Waals surface area contributed by atoms with E-state index in [1.165, 1.54) is 6.08 Å². The zero-order valence-electron chi connectivity index (χ0n) is 14.6. The fourth-order valence-electron chi connectivity index (χ4n) is 2.44. The molecule has 2 N–H and O–H groups in total. The number of imidazole rings is 1. The average molecular weight is 351 g/mol. The first-order valence-electron chi connectivity index (χ1n) is 8.50. The first-order valence-corrected chi connectivity index (χ1v) is 8.50. The highest BCUT2D eigenvalue weighted by atomic mass is 16.5. The van der Waals surface area contributed by atoms with Crippen molar-refractivity contribution in [3.8, 4) is 11.5 Å². The van der Waals surface area contributed by atoms with E-state index in [0.29, 0.717) is 17.9 Å². The van der Waals surface area contributed by atoms with Gasteiger partial charge in [-0.1, -0.05) is 19.1 Å². The molecule has 1 amide bonds. The summed E-state index contributed by atoms with van der Waals surface area (Å²) < 4.78 is 7.24. The molecule has 6 heteroatoms. The van der Waals surface area contributed by atoms with E-state index in [1.807, 2.05) is 24.3 Å². The van der Waals surface area contributed by atoms with Gasteiger partial charge < -0.3 is 19.6 Å². The summed E-state index contributed by atoms with van der Waals surface area (Å²) in [5, 5.41) is 12.5. The number of carbonyl (C=O) groups is 1. The van der Waals surface area contributed by atoms with Crippen molar-refractivity contribution in [2.75, 3.05) is 6.61 Å². The standard InChI is InChI=1S/C20H21N3O3/c1-2-12-26-17-8-5-15(6-9-17)7-10-19(25)21-13-16-14-23-11-3-4-18(24)20(23)22-16/h3-11,14,24H,2,12-13H2,1H3,(H,21,25)/b10-7+. The third-order valence-corrected chi connectivity index (χ3v) is 3.74. The van der Waals surface area contributed by atoms with Crippen molar-refractivity contribution in [2.45, 2.75) is 19.9 Å². The van der Waals surface area contributed by atoms with Crippen LogP contribution in [0.2, 0.25) is 0 Å². The van der Waals surface area contributed by atoms with Gasteiger partial charge in [-0.15, -0.1) is 0 Å². The van der Waals surface area contributed by atoms with Crippen LogP contribution in [0.25, 0.3) is 11.7 Å². The molecule has 1 aromatic carbocycles. The van der Waals surface area contributed by atoms with Crippen LogP contribution in [0.3, 0.4) is 0 Å². The van der Waals surface area contributed by atoms with Crippen molar-refractivity contribution in [3.05, 3.63) is 66.1 Å². The number of aromatic nitrogens is 2. The smallest absolute Gasteiger partial charge is 0.244 e. The lowest BCUT2D eigenvalue weighted by Crippen LogP contribution is -2.20. The second-order valence-electron chi connectivity index (χ2n) is 5.83. The molecule has 0 saturated carbocycles. The Morgan fingerprint density at radius 1 is 1.31 bits per heavy atom. The van der Waals surface area contributed by atoms with Crippen molar-refractivity contribution >= 4 is 17.6 Å². The Hall–Kier alpha value is -3.28. The van der Waals surface area contributed by atoms with Gasteiger partial charge in [-0.25, -0.2) is 4.98 Å². The SMILES string of the molecule is CCCOc1ccc(/C=C/C(=O)NCc2cn3cccc(O)c3n2)cc1. The Kier molecular flexibility index (Phi) is 5.53. The number of ether oxygens (including phenoxy) is 1. The van der Waals surface area contributed by atoms with E-state index in [1.54, 1.807) is 35.0 Å². The van der Waals surface area contributed by atoms with E-state index in [0.717, 1.165) is 17.7 Å². The minimum absolute atomic E-state index is 0.108. The molecule has 0 aliphatic carbocycles. The number of hydrogen-bond donors (Lipinski definition) is 2. The number of rotatable bonds is 7. The summed E-state index contributed by atoms with van der Waals surface area (Å²) in [6, 6.07) is 10.9. The zero-order chi connectivity index (χ0) is 18.4. The van der Waals surface area contributed by atoms with Crippen LogP contribution in [-0.4, -0.2) is 27.0 Å². The fourth-order valence-corrected chi connectivity index (χ4v) is 2.44. The fraction of sp³-hybridized carbons (Fsp3) is 0.200. The highest BCUT2D eigenvalue weighted by Crippen LogP contribution is 2.16. The van der Waals surface area contributed by atoms with Crippen LogP contribution in [0.15, 0.2) is 54.9 Å². The van der Waals surface area contributed by atoms with Crippen molar-refractivity contribution in [3.63, 3.8) is 0 Å². The van der Waals surface area contributed by atoms with Crippen LogP contribution in [0, 0.1) is 0 Å². The molecule has 0 atom stereocenters. The summed E-state index contributed by atoms with van der Waals surface area (Å²) in [5.74, 6) is 0.720. The van der Waals surface area contributed by atoms with Gasteiger partial charge in [0.2, 0.25) is 5.91 Å². The van der Waals surface area contributed by atoms with Gasteiger partial charge in [0.05, 0.1) is 18.8 Å². The molecule has 134 valence electrons. The van der Waals surface area contributed by atoms with Crippen molar-refractivity contribution in [2.24, 2.45) is 0 Å². The van der Waals surface area contributed by atoms with Crippen molar-refractivity contribution in [1.29, 1.82) is 0 Å². The van der Waals surface area contributed by atoms with Crippen LogP contribution in [-0.2, 0) is 11.3 Å². The average Bonchev–Trinajstić information content (AvgIpc) is 3.08. The zero-order valence-corrected chi connectivity index (χ0v) is 14.6. The summed E-state index contributed by atoms with van der Waals surface area (Å²) in [6.07, 6.45) is 7.76. The molecule has 0 bridgehead atoms. The normalized spacial score (nSPS) is 11.1. The molecule has 3 aromatic rings. The summed E-state index contributed by atoms with van der Waals surface area (Å²) in [6.45, 7) is 3.04. The minimum atomic E-state index is -0.211. The lowest BCUT2D eigenvalue weighted by Gasteiger charge is -2.04. The number of fused-ring (bicyclic) bond motifs is 1. The maximum Gasteiger partial charge on any atom is 0.244 e. The lowest BCUT2D eigenvalue weighted by atomic mass is 10.2. The number of benzene rings is 1. The first kappa shape index (κ1) is 17.5. The number of aromatic hydroxyl groups is 1. The molecule has 6 nitrogen and oxygen atoms in total. The molecular weight excluding hydrogens is 330 g/mol. The monoisotopic (exact) mass is 351 g/mol. The molecule has 0 fully saturated rings. The Labute approximate surface area is 151 Å². The molecule has 0 radical (unpaired) electrons. The van der Waals surface area contributed by atoms with E-state index in [2.05, 4.69) is 17.2 Å².